The molecule has 0 saturated heterocycles. The Morgan fingerprint density at radius 1 is 0.471 bits per heavy atom. The highest BCUT2D eigenvalue weighted by Gasteiger charge is 2.19. The van der Waals surface area contributed by atoms with E-state index in [2.05, 4.69) is 120 Å². The second-order valence-electron chi connectivity index (χ2n) is 8.95. The molecule has 0 spiro atoms. The van der Waals surface area contributed by atoms with E-state index in [9.17, 15) is 0 Å². The Kier molecular flexibility index (Phi) is 3.60. The van der Waals surface area contributed by atoms with Crippen molar-refractivity contribution in [2.45, 2.75) is 0 Å². The summed E-state index contributed by atoms with van der Waals surface area (Å²) in [5.74, 6) is 0. The minimum absolute atomic E-state index is 1.24. The summed E-state index contributed by atoms with van der Waals surface area (Å²) in [4.78, 5) is 0. The Labute approximate surface area is 200 Å². The molecular weight excluding hydrogens is 430 g/mol. The summed E-state index contributed by atoms with van der Waals surface area (Å²) >= 11 is 1.90. The molecule has 0 unspecified atom stereocenters. The van der Waals surface area contributed by atoms with Crippen molar-refractivity contribution in [3.05, 3.63) is 115 Å². The van der Waals surface area contributed by atoms with Gasteiger partial charge in [0.1, 0.15) is 0 Å². The zero-order valence-corrected chi connectivity index (χ0v) is 19.1. The predicted molar refractivity (Wildman–Crippen MR) is 149 cm³/mol. The predicted octanol–water partition coefficient (Wildman–Crippen LogP) is 9.46. The van der Waals surface area contributed by atoms with Crippen LogP contribution in [-0.4, -0.2) is 4.57 Å². The topological polar surface area (TPSA) is 4.93 Å². The molecule has 0 atom stereocenters. The molecule has 2 heterocycles. The summed E-state index contributed by atoms with van der Waals surface area (Å²) in [5, 5.41) is 10.4. The van der Waals surface area contributed by atoms with Crippen molar-refractivity contribution in [3.63, 3.8) is 0 Å². The third-order valence-electron chi connectivity index (χ3n) is 7.17. The number of nitrogens with zero attached hydrogens (tertiary/aromatic N) is 1. The molecular formula is C32H19NS. The number of thiophene rings is 1. The highest BCUT2D eigenvalue weighted by Crippen LogP contribution is 2.44. The summed E-state index contributed by atoms with van der Waals surface area (Å²) < 4.78 is 5.20. The molecule has 0 amide bonds. The van der Waals surface area contributed by atoms with Crippen molar-refractivity contribution in [1.29, 1.82) is 0 Å². The smallest absolute Gasteiger partial charge is 0.0720 e. The zero-order valence-electron chi connectivity index (χ0n) is 18.3. The lowest BCUT2D eigenvalue weighted by atomic mass is 10.00. The summed E-state index contributed by atoms with van der Waals surface area (Å²) in [6.45, 7) is 0. The first-order valence-electron chi connectivity index (χ1n) is 11.6. The van der Waals surface area contributed by atoms with E-state index in [1.165, 1.54) is 69.2 Å². The third-order valence-corrected chi connectivity index (χ3v) is 8.36. The standard InChI is InChI=1S/C32H19NS/c1-2-10-21-20(9-1)19-29(23-12-4-3-11-22(21)23)33-28-15-7-5-13-24(28)26-17-18-27-25-14-6-8-16-30(25)34-32(27)31(26)33/h1-19H. The van der Waals surface area contributed by atoms with E-state index in [1.54, 1.807) is 0 Å². The average molecular weight is 450 g/mol. The van der Waals surface area contributed by atoms with E-state index < -0.39 is 0 Å². The molecule has 8 aromatic rings. The minimum Gasteiger partial charge on any atom is -0.307 e. The lowest BCUT2D eigenvalue weighted by Crippen LogP contribution is -1.96. The Morgan fingerprint density at radius 2 is 1.12 bits per heavy atom. The molecule has 0 aliphatic rings. The Bertz CT molecular complexity index is 2070. The molecule has 0 N–H and O–H groups in total. The highest BCUT2D eigenvalue weighted by atomic mass is 32.1. The molecule has 158 valence electrons. The van der Waals surface area contributed by atoms with E-state index in [4.69, 9.17) is 0 Å². The van der Waals surface area contributed by atoms with Crippen molar-refractivity contribution in [2.24, 2.45) is 0 Å². The largest absolute Gasteiger partial charge is 0.307 e. The number of benzene rings is 6. The molecule has 0 radical (unpaired) electrons. The minimum atomic E-state index is 1.24. The summed E-state index contributed by atoms with van der Waals surface area (Å²) in [5.41, 5.74) is 3.80. The molecule has 0 aliphatic carbocycles. The average Bonchev–Trinajstić information content (AvgIpc) is 3.44. The fourth-order valence-corrected chi connectivity index (χ4v) is 6.94. The first-order valence-corrected chi connectivity index (χ1v) is 12.4. The molecule has 34 heavy (non-hydrogen) atoms. The fourth-order valence-electron chi connectivity index (χ4n) is 5.70. The van der Waals surface area contributed by atoms with Gasteiger partial charge in [-0.05, 0) is 34.4 Å². The third kappa shape index (κ3) is 2.33. The number of hydrogen-bond donors (Lipinski definition) is 0. The number of hydrogen-bond acceptors (Lipinski definition) is 1. The van der Waals surface area contributed by atoms with E-state index >= 15 is 0 Å². The summed E-state index contributed by atoms with van der Waals surface area (Å²) in [7, 11) is 0. The molecule has 0 aliphatic heterocycles. The maximum absolute atomic E-state index is 2.51. The van der Waals surface area contributed by atoms with Gasteiger partial charge in [0.15, 0.2) is 0 Å². The van der Waals surface area contributed by atoms with Gasteiger partial charge in [-0.1, -0.05) is 97.1 Å². The number of para-hydroxylation sites is 1. The van der Waals surface area contributed by atoms with E-state index in [0.29, 0.717) is 0 Å². The second-order valence-corrected chi connectivity index (χ2v) is 10.0. The normalized spacial score (nSPS) is 12.1. The molecule has 2 aromatic heterocycles. The van der Waals surface area contributed by atoms with Crippen LogP contribution >= 0.6 is 11.3 Å². The van der Waals surface area contributed by atoms with Crippen molar-refractivity contribution < 1.29 is 0 Å². The van der Waals surface area contributed by atoms with Crippen LogP contribution in [0.1, 0.15) is 0 Å². The molecule has 8 rings (SSSR count). The number of rotatable bonds is 1. The number of aromatic nitrogens is 1. The van der Waals surface area contributed by atoms with Crippen LogP contribution in [0.15, 0.2) is 115 Å². The molecule has 6 aromatic carbocycles. The first-order chi connectivity index (χ1) is 16.9. The van der Waals surface area contributed by atoms with Gasteiger partial charge in [-0.15, -0.1) is 11.3 Å². The van der Waals surface area contributed by atoms with Gasteiger partial charge in [-0.2, -0.15) is 0 Å². The van der Waals surface area contributed by atoms with Crippen LogP contribution in [-0.2, 0) is 0 Å². The summed E-state index contributed by atoms with van der Waals surface area (Å²) in [6.07, 6.45) is 0. The van der Waals surface area contributed by atoms with E-state index in [1.807, 2.05) is 11.3 Å². The fraction of sp³-hybridized carbons (Fsp3) is 0. The Balaban J connectivity index is 1.66. The van der Waals surface area contributed by atoms with Crippen LogP contribution in [0.2, 0.25) is 0 Å². The first kappa shape index (κ1) is 18.3. The maximum atomic E-state index is 2.51. The van der Waals surface area contributed by atoms with Gasteiger partial charge in [0.05, 0.1) is 21.4 Å². The lowest BCUT2D eigenvalue weighted by molar-refractivity contribution is 1.21. The zero-order chi connectivity index (χ0) is 22.2. The van der Waals surface area contributed by atoms with Crippen LogP contribution in [0.25, 0.3) is 69.2 Å². The van der Waals surface area contributed by atoms with Crippen molar-refractivity contribution >= 4 is 74.9 Å². The van der Waals surface area contributed by atoms with Gasteiger partial charge < -0.3 is 4.57 Å². The van der Waals surface area contributed by atoms with Gasteiger partial charge in [0.2, 0.25) is 0 Å². The molecule has 0 saturated carbocycles. The van der Waals surface area contributed by atoms with Gasteiger partial charge >= 0.3 is 0 Å². The van der Waals surface area contributed by atoms with Crippen LogP contribution < -0.4 is 0 Å². The van der Waals surface area contributed by atoms with Crippen LogP contribution in [0.4, 0.5) is 0 Å². The van der Waals surface area contributed by atoms with Crippen LogP contribution in [0.5, 0.6) is 0 Å². The van der Waals surface area contributed by atoms with Crippen molar-refractivity contribution in [1.82, 2.24) is 4.57 Å². The maximum Gasteiger partial charge on any atom is 0.0720 e. The van der Waals surface area contributed by atoms with E-state index in [0.717, 1.165) is 0 Å². The Hall–Kier alpha value is -4.14. The quantitative estimate of drug-likeness (QED) is 0.220. The van der Waals surface area contributed by atoms with Gasteiger partial charge in [-0.25, -0.2) is 0 Å². The second kappa shape index (κ2) is 6.69. The molecule has 1 nitrogen and oxygen atoms in total. The van der Waals surface area contributed by atoms with Gasteiger partial charge in [0.25, 0.3) is 0 Å². The number of fused-ring (bicyclic) bond motifs is 10. The molecule has 0 fully saturated rings. The van der Waals surface area contributed by atoms with Crippen molar-refractivity contribution in [2.75, 3.05) is 0 Å². The monoisotopic (exact) mass is 449 g/mol. The Morgan fingerprint density at radius 3 is 2.00 bits per heavy atom. The summed E-state index contributed by atoms with van der Waals surface area (Å²) in [6, 6.07) is 42.2. The lowest BCUT2D eigenvalue weighted by Gasteiger charge is -2.14. The SMILES string of the molecule is c1ccc2c(c1)cc(-n1c3ccccc3c3ccc4c5ccccc5sc4c31)c1ccccc12. The molecule has 0 bridgehead atoms. The molecule has 2 heteroatoms. The highest BCUT2D eigenvalue weighted by molar-refractivity contribution is 7.26. The van der Waals surface area contributed by atoms with Gasteiger partial charge in [0, 0.05) is 31.6 Å². The van der Waals surface area contributed by atoms with E-state index in [-0.39, 0.29) is 0 Å². The van der Waals surface area contributed by atoms with Crippen LogP contribution in [0, 0.1) is 0 Å². The van der Waals surface area contributed by atoms with Crippen LogP contribution in [0.3, 0.4) is 0 Å². The van der Waals surface area contributed by atoms with Crippen molar-refractivity contribution in [3.8, 4) is 5.69 Å². The van der Waals surface area contributed by atoms with Gasteiger partial charge in [-0.3, -0.25) is 0 Å².